The molecule has 1 N–H and O–H groups in total. The summed E-state index contributed by atoms with van der Waals surface area (Å²) in [4.78, 5) is 13.6. The second-order valence-corrected chi connectivity index (χ2v) is 7.03. The average molecular weight is 356 g/mol. The molecule has 3 atom stereocenters. The highest BCUT2D eigenvalue weighted by Gasteiger charge is 2.45. The van der Waals surface area contributed by atoms with Gasteiger partial charge in [0.15, 0.2) is 0 Å². The highest BCUT2D eigenvalue weighted by molar-refractivity contribution is 9.10. The van der Waals surface area contributed by atoms with E-state index in [1.807, 2.05) is 11.0 Å². The molecule has 1 aromatic carbocycles. The van der Waals surface area contributed by atoms with Crippen LogP contribution in [0.1, 0.15) is 37.7 Å². The molecule has 1 aliphatic heterocycles. The molecule has 1 heterocycles. The topological polar surface area (TPSA) is 40.5 Å². The number of hydrogen-bond donors (Lipinski definition) is 1. The van der Waals surface area contributed by atoms with E-state index in [2.05, 4.69) is 15.9 Å². The Morgan fingerprint density at radius 1 is 1.38 bits per heavy atom. The first-order chi connectivity index (χ1) is 10.1. The smallest absolute Gasteiger partial charge is 0.320 e. The number of halogens is 2. The van der Waals surface area contributed by atoms with Crippen LogP contribution in [0.25, 0.3) is 0 Å². The molecular formula is C16H19BrFNO2. The van der Waals surface area contributed by atoms with Crippen LogP contribution in [-0.2, 0) is 11.3 Å². The van der Waals surface area contributed by atoms with Crippen molar-refractivity contribution in [2.24, 2.45) is 5.92 Å². The predicted molar refractivity (Wildman–Crippen MR) is 81.4 cm³/mol. The number of rotatable bonds is 3. The van der Waals surface area contributed by atoms with E-state index in [0.29, 0.717) is 35.0 Å². The van der Waals surface area contributed by atoms with Gasteiger partial charge in [0.05, 0.1) is 0 Å². The first-order valence-electron chi connectivity index (χ1n) is 7.48. The molecule has 0 aromatic heterocycles. The van der Waals surface area contributed by atoms with Crippen molar-refractivity contribution in [3.05, 3.63) is 34.1 Å². The lowest BCUT2D eigenvalue weighted by molar-refractivity contribution is -0.142. The fourth-order valence-electron chi connectivity index (χ4n) is 3.87. The Hall–Kier alpha value is -0.940. The van der Waals surface area contributed by atoms with Crippen molar-refractivity contribution >= 4 is 21.9 Å². The van der Waals surface area contributed by atoms with E-state index in [1.54, 1.807) is 6.07 Å². The van der Waals surface area contributed by atoms with Crippen LogP contribution in [0.2, 0.25) is 0 Å². The maximum Gasteiger partial charge on any atom is 0.320 e. The quantitative estimate of drug-likeness (QED) is 0.896. The van der Waals surface area contributed by atoms with Crippen LogP contribution >= 0.6 is 15.9 Å². The summed E-state index contributed by atoms with van der Waals surface area (Å²) in [6.07, 6.45) is 5.18. The maximum absolute atomic E-state index is 14.1. The van der Waals surface area contributed by atoms with Gasteiger partial charge in [-0.05, 0) is 37.3 Å². The zero-order valence-corrected chi connectivity index (χ0v) is 13.4. The van der Waals surface area contributed by atoms with Crippen molar-refractivity contribution in [2.75, 3.05) is 0 Å². The number of likely N-dealkylation sites (tertiary alicyclic amines) is 1. The lowest BCUT2D eigenvalue weighted by Gasteiger charge is -2.33. The van der Waals surface area contributed by atoms with Gasteiger partial charge in [-0.2, -0.15) is 0 Å². The number of benzene rings is 1. The van der Waals surface area contributed by atoms with Crippen molar-refractivity contribution in [2.45, 2.75) is 50.7 Å². The zero-order chi connectivity index (χ0) is 15.0. The molecular weight excluding hydrogens is 337 g/mol. The van der Waals surface area contributed by atoms with Gasteiger partial charge in [0.1, 0.15) is 11.9 Å². The Bertz CT molecular complexity index is 551. The molecule has 0 bridgehead atoms. The van der Waals surface area contributed by atoms with E-state index in [1.165, 1.54) is 12.5 Å². The minimum atomic E-state index is -0.776. The summed E-state index contributed by atoms with van der Waals surface area (Å²) in [5.41, 5.74) is 0.579. The molecule has 1 saturated heterocycles. The molecule has 1 aromatic rings. The molecule has 1 aliphatic carbocycles. The molecule has 0 unspecified atom stereocenters. The molecule has 0 spiro atoms. The molecule has 1 saturated carbocycles. The van der Waals surface area contributed by atoms with Gasteiger partial charge in [0.25, 0.3) is 0 Å². The van der Waals surface area contributed by atoms with Gasteiger partial charge in [-0.3, -0.25) is 9.69 Å². The summed E-state index contributed by atoms with van der Waals surface area (Å²) in [5.74, 6) is -0.590. The van der Waals surface area contributed by atoms with Crippen LogP contribution in [0.3, 0.4) is 0 Å². The van der Waals surface area contributed by atoms with Gasteiger partial charge < -0.3 is 5.11 Å². The minimum absolute atomic E-state index is 0.271. The van der Waals surface area contributed by atoms with Crippen LogP contribution in [0.4, 0.5) is 4.39 Å². The minimum Gasteiger partial charge on any atom is -0.480 e. The SMILES string of the molecule is O=C(O)[C@@H]1C[C@@H]2CCCC[C@H]2N1Cc1ccc(Br)cc1F. The Morgan fingerprint density at radius 2 is 2.14 bits per heavy atom. The summed E-state index contributed by atoms with van der Waals surface area (Å²) in [7, 11) is 0. The summed E-state index contributed by atoms with van der Waals surface area (Å²) >= 11 is 3.25. The van der Waals surface area contributed by atoms with Crippen LogP contribution in [0.15, 0.2) is 22.7 Å². The lowest BCUT2D eigenvalue weighted by atomic mass is 9.84. The fourth-order valence-corrected chi connectivity index (χ4v) is 4.20. The largest absolute Gasteiger partial charge is 0.480 e. The number of hydrogen-bond acceptors (Lipinski definition) is 2. The van der Waals surface area contributed by atoms with E-state index < -0.39 is 12.0 Å². The maximum atomic E-state index is 14.1. The van der Waals surface area contributed by atoms with Gasteiger partial charge in [0.2, 0.25) is 0 Å². The molecule has 114 valence electrons. The van der Waals surface area contributed by atoms with E-state index in [-0.39, 0.29) is 5.82 Å². The molecule has 3 rings (SSSR count). The number of fused-ring (bicyclic) bond motifs is 1. The van der Waals surface area contributed by atoms with Crippen molar-refractivity contribution in [1.82, 2.24) is 4.90 Å². The highest BCUT2D eigenvalue weighted by Crippen LogP contribution is 2.40. The second kappa shape index (κ2) is 6.05. The Balaban J connectivity index is 1.84. The molecule has 0 radical (unpaired) electrons. The van der Waals surface area contributed by atoms with Crippen molar-refractivity contribution in [1.29, 1.82) is 0 Å². The predicted octanol–water partition coefficient (Wildman–Crippen LogP) is 3.81. The number of carboxylic acid groups (broad SMARTS) is 1. The van der Waals surface area contributed by atoms with Gasteiger partial charge >= 0.3 is 5.97 Å². The molecule has 2 fully saturated rings. The average Bonchev–Trinajstić information content (AvgIpc) is 2.81. The van der Waals surface area contributed by atoms with Gasteiger partial charge in [-0.1, -0.05) is 34.8 Å². The van der Waals surface area contributed by atoms with Gasteiger partial charge in [-0.15, -0.1) is 0 Å². The van der Waals surface area contributed by atoms with Crippen LogP contribution in [-0.4, -0.2) is 28.1 Å². The molecule has 21 heavy (non-hydrogen) atoms. The standard InChI is InChI=1S/C16H19BrFNO2/c17-12-6-5-11(13(18)8-12)9-19-14-4-2-1-3-10(14)7-15(19)16(20)21/h5-6,8,10,14-15H,1-4,7,9H2,(H,20,21)/t10-,14+,15-/m0/s1. The van der Waals surface area contributed by atoms with E-state index >= 15 is 0 Å². The van der Waals surface area contributed by atoms with Crippen molar-refractivity contribution < 1.29 is 14.3 Å². The van der Waals surface area contributed by atoms with Crippen molar-refractivity contribution in [3.8, 4) is 0 Å². The fraction of sp³-hybridized carbons (Fsp3) is 0.562. The third kappa shape index (κ3) is 2.99. The normalized spacial score (nSPS) is 29.3. The van der Waals surface area contributed by atoms with E-state index in [9.17, 15) is 14.3 Å². The van der Waals surface area contributed by atoms with Crippen LogP contribution < -0.4 is 0 Å². The molecule has 2 aliphatic rings. The molecule has 5 heteroatoms. The summed E-state index contributed by atoms with van der Waals surface area (Å²) < 4.78 is 14.8. The van der Waals surface area contributed by atoms with E-state index in [0.717, 1.165) is 19.3 Å². The number of carbonyl (C=O) groups is 1. The Labute approximate surface area is 132 Å². The number of nitrogens with zero attached hydrogens (tertiary/aromatic N) is 1. The second-order valence-electron chi connectivity index (χ2n) is 6.11. The van der Waals surface area contributed by atoms with Crippen molar-refractivity contribution in [3.63, 3.8) is 0 Å². The van der Waals surface area contributed by atoms with Crippen LogP contribution in [0, 0.1) is 11.7 Å². The third-order valence-corrected chi connectivity index (χ3v) is 5.37. The summed E-state index contributed by atoms with van der Waals surface area (Å²) in [5, 5.41) is 9.48. The number of aliphatic carboxylic acids is 1. The zero-order valence-electron chi connectivity index (χ0n) is 11.8. The third-order valence-electron chi connectivity index (χ3n) is 4.87. The summed E-state index contributed by atoms with van der Waals surface area (Å²) in [6, 6.07) is 4.82. The first-order valence-corrected chi connectivity index (χ1v) is 8.28. The summed E-state index contributed by atoms with van der Waals surface area (Å²) in [6.45, 7) is 0.386. The van der Waals surface area contributed by atoms with Gasteiger partial charge in [-0.25, -0.2) is 4.39 Å². The molecule has 3 nitrogen and oxygen atoms in total. The Morgan fingerprint density at radius 3 is 2.86 bits per heavy atom. The number of carboxylic acids is 1. The first kappa shape index (κ1) is 15.0. The monoisotopic (exact) mass is 355 g/mol. The molecule has 0 amide bonds. The lowest BCUT2D eigenvalue weighted by Crippen LogP contribution is -2.41. The highest BCUT2D eigenvalue weighted by atomic mass is 79.9. The van der Waals surface area contributed by atoms with E-state index in [4.69, 9.17) is 0 Å². The van der Waals surface area contributed by atoms with Gasteiger partial charge in [0, 0.05) is 22.6 Å². The van der Waals surface area contributed by atoms with Crippen LogP contribution in [0.5, 0.6) is 0 Å². The Kier molecular flexibility index (Phi) is 4.31.